The van der Waals surface area contributed by atoms with Gasteiger partial charge >= 0.3 is 6.18 Å². The maximum absolute atomic E-state index is 13.1. The van der Waals surface area contributed by atoms with E-state index < -0.39 is 17.6 Å². The van der Waals surface area contributed by atoms with E-state index in [0.29, 0.717) is 18.4 Å². The van der Waals surface area contributed by atoms with Gasteiger partial charge in [-0.15, -0.1) is 0 Å². The van der Waals surface area contributed by atoms with Crippen molar-refractivity contribution in [2.45, 2.75) is 19.3 Å². The molecule has 0 saturated heterocycles. The molecule has 1 aromatic heterocycles. The van der Waals surface area contributed by atoms with Gasteiger partial charge in [0.15, 0.2) is 0 Å². The predicted octanol–water partition coefficient (Wildman–Crippen LogP) is 2.86. The Labute approximate surface area is 106 Å². The molecule has 2 N–H and O–H groups in total. The molecular formula is C12H11F4N3. The molecule has 0 fully saturated rings. The molecule has 0 amide bonds. The second-order valence-corrected chi connectivity index (χ2v) is 3.99. The van der Waals surface area contributed by atoms with E-state index in [1.165, 1.54) is 0 Å². The summed E-state index contributed by atoms with van der Waals surface area (Å²) in [6, 6.07) is 2.48. The van der Waals surface area contributed by atoms with E-state index in [-0.39, 0.29) is 12.1 Å². The highest BCUT2D eigenvalue weighted by molar-refractivity contribution is 5.26. The minimum Gasteiger partial charge on any atom is -0.348 e. The van der Waals surface area contributed by atoms with Gasteiger partial charge in [-0.1, -0.05) is 0 Å². The van der Waals surface area contributed by atoms with Crippen molar-refractivity contribution in [1.29, 1.82) is 0 Å². The standard InChI is InChI=1S/C12H11F4N3/c13-10-4-8(3-9(5-10)12(14,15)16)6-17-7-11-18-1-2-19-11/h1-5,17H,6-7H2,(H,18,19). The summed E-state index contributed by atoms with van der Waals surface area (Å²) < 4.78 is 50.6. The number of nitrogens with one attached hydrogen (secondary N) is 2. The van der Waals surface area contributed by atoms with Crippen molar-refractivity contribution < 1.29 is 17.6 Å². The molecule has 0 bridgehead atoms. The van der Waals surface area contributed by atoms with Gasteiger partial charge in [0, 0.05) is 18.9 Å². The van der Waals surface area contributed by atoms with E-state index >= 15 is 0 Å². The van der Waals surface area contributed by atoms with Gasteiger partial charge in [-0.05, 0) is 23.8 Å². The number of imidazole rings is 1. The topological polar surface area (TPSA) is 40.7 Å². The molecule has 7 heteroatoms. The van der Waals surface area contributed by atoms with Crippen LogP contribution in [0.3, 0.4) is 0 Å². The first kappa shape index (κ1) is 13.5. The molecule has 3 nitrogen and oxygen atoms in total. The Kier molecular flexibility index (Phi) is 3.84. The normalized spacial score (nSPS) is 11.8. The van der Waals surface area contributed by atoms with Gasteiger partial charge in [-0.25, -0.2) is 9.37 Å². The fourth-order valence-electron chi connectivity index (χ4n) is 1.64. The summed E-state index contributed by atoms with van der Waals surface area (Å²) in [4.78, 5) is 6.79. The number of alkyl halides is 3. The Morgan fingerprint density at radius 2 is 1.95 bits per heavy atom. The van der Waals surface area contributed by atoms with Crippen LogP contribution in [0.2, 0.25) is 0 Å². The third-order valence-corrected chi connectivity index (χ3v) is 2.46. The molecule has 0 saturated carbocycles. The first-order valence-electron chi connectivity index (χ1n) is 5.51. The number of aromatic nitrogens is 2. The number of benzene rings is 1. The lowest BCUT2D eigenvalue weighted by molar-refractivity contribution is -0.137. The minimum absolute atomic E-state index is 0.127. The summed E-state index contributed by atoms with van der Waals surface area (Å²) in [6.45, 7) is 0.492. The number of H-pyrrole nitrogens is 1. The van der Waals surface area contributed by atoms with Crippen LogP contribution >= 0.6 is 0 Å². The maximum atomic E-state index is 13.1. The van der Waals surface area contributed by atoms with Crippen LogP contribution in [0.5, 0.6) is 0 Å². The summed E-state index contributed by atoms with van der Waals surface area (Å²) >= 11 is 0. The molecule has 0 atom stereocenters. The second kappa shape index (κ2) is 5.40. The van der Waals surface area contributed by atoms with Crippen molar-refractivity contribution in [3.05, 3.63) is 53.4 Å². The van der Waals surface area contributed by atoms with Crippen LogP contribution in [0.15, 0.2) is 30.6 Å². The molecule has 0 aliphatic heterocycles. The Hall–Kier alpha value is -1.89. The largest absolute Gasteiger partial charge is 0.416 e. The average Bonchev–Trinajstić information content (AvgIpc) is 2.80. The van der Waals surface area contributed by atoms with Crippen molar-refractivity contribution in [3.8, 4) is 0 Å². The molecule has 0 radical (unpaired) electrons. The van der Waals surface area contributed by atoms with E-state index in [1.807, 2.05) is 0 Å². The molecular weight excluding hydrogens is 262 g/mol. The molecule has 102 valence electrons. The van der Waals surface area contributed by atoms with Crippen molar-refractivity contribution in [1.82, 2.24) is 15.3 Å². The molecule has 2 aromatic rings. The SMILES string of the molecule is Fc1cc(CNCc2ncc[nH]2)cc(C(F)(F)F)c1. The van der Waals surface area contributed by atoms with Gasteiger partial charge in [0.05, 0.1) is 12.1 Å². The zero-order valence-corrected chi connectivity index (χ0v) is 9.76. The maximum Gasteiger partial charge on any atom is 0.416 e. The predicted molar refractivity (Wildman–Crippen MR) is 60.5 cm³/mol. The van der Waals surface area contributed by atoms with Crippen LogP contribution in [0.25, 0.3) is 0 Å². The summed E-state index contributed by atoms with van der Waals surface area (Å²) in [6.07, 6.45) is -1.33. The Morgan fingerprint density at radius 1 is 1.16 bits per heavy atom. The number of nitrogens with zero attached hydrogens (tertiary/aromatic N) is 1. The van der Waals surface area contributed by atoms with Crippen molar-refractivity contribution in [3.63, 3.8) is 0 Å². The molecule has 0 aliphatic carbocycles. The quantitative estimate of drug-likeness (QED) is 0.841. The monoisotopic (exact) mass is 273 g/mol. The summed E-state index contributed by atoms with van der Waals surface area (Å²) in [7, 11) is 0. The number of halogens is 4. The van der Waals surface area contributed by atoms with Gasteiger partial charge in [-0.2, -0.15) is 13.2 Å². The third kappa shape index (κ3) is 3.78. The van der Waals surface area contributed by atoms with Gasteiger partial charge in [0.2, 0.25) is 0 Å². The summed E-state index contributed by atoms with van der Waals surface area (Å²) in [5.41, 5.74) is -0.749. The molecule has 1 aromatic carbocycles. The lowest BCUT2D eigenvalue weighted by Crippen LogP contribution is -2.15. The Bertz CT molecular complexity index is 534. The highest BCUT2D eigenvalue weighted by Crippen LogP contribution is 2.30. The Morgan fingerprint density at radius 3 is 2.58 bits per heavy atom. The smallest absolute Gasteiger partial charge is 0.348 e. The van der Waals surface area contributed by atoms with Crippen molar-refractivity contribution >= 4 is 0 Å². The van der Waals surface area contributed by atoms with Gasteiger partial charge < -0.3 is 10.3 Å². The van der Waals surface area contributed by atoms with Crippen LogP contribution in [0, 0.1) is 5.82 Å². The first-order chi connectivity index (χ1) is 8.95. The van der Waals surface area contributed by atoms with E-state index in [0.717, 1.165) is 12.1 Å². The number of hydrogen-bond acceptors (Lipinski definition) is 2. The molecule has 1 heterocycles. The Balaban J connectivity index is 2.02. The van der Waals surface area contributed by atoms with Crippen LogP contribution in [-0.2, 0) is 19.3 Å². The van der Waals surface area contributed by atoms with Gasteiger partial charge in [0.25, 0.3) is 0 Å². The van der Waals surface area contributed by atoms with Crippen LogP contribution in [0.4, 0.5) is 17.6 Å². The van der Waals surface area contributed by atoms with Gasteiger partial charge in [-0.3, -0.25) is 0 Å². The number of hydrogen-bond donors (Lipinski definition) is 2. The highest BCUT2D eigenvalue weighted by atomic mass is 19.4. The second-order valence-electron chi connectivity index (χ2n) is 3.99. The van der Waals surface area contributed by atoms with Gasteiger partial charge in [0.1, 0.15) is 11.6 Å². The third-order valence-electron chi connectivity index (χ3n) is 2.46. The van der Waals surface area contributed by atoms with E-state index in [2.05, 4.69) is 15.3 Å². The molecule has 19 heavy (non-hydrogen) atoms. The number of aromatic amines is 1. The average molecular weight is 273 g/mol. The van der Waals surface area contributed by atoms with Crippen LogP contribution < -0.4 is 5.32 Å². The lowest BCUT2D eigenvalue weighted by Gasteiger charge is -2.10. The summed E-state index contributed by atoms with van der Waals surface area (Å²) in [5, 5.41) is 2.88. The molecule has 0 spiro atoms. The van der Waals surface area contributed by atoms with Crippen LogP contribution in [0.1, 0.15) is 17.0 Å². The van der Waals surface area contributed by atoms with Crippen molar-refractivity contribution in [2.75, 3.05) is 0 Å². The summed E-state index contributed by atoms with van der Waals surface area (Å²) in [5.74, 6) is -0.239. The van der Waals surface area contributed by atoms with E-state index in [9.17, 15) is 17.6 Å². The molecule has 0 aliphatic rings. The highest BCUT2D eigenvalue weighted by Gasteiger charge is 2.31. The van der Waals surface area contributed by atoms with Crippen LogP contribution in [-0.4, -0.2) is 9.97 Å². The van der Waals surface area contributed by atoms with E-state index in [1.54, 1.807) is 12.4 Å². The van der Waals surface area contributed by atoms with Crippen molar-refractivity contribution in [2.24, 2.45) is 0 Å². The zero-order valence-electron chi connectivity index (χ0n) is 9.76. The van der Waals surface area contributed by atoms with E-state index in [4.69, 9.17) is 0 Å². The molecule has 2 rings (SSSR count). The number of rotatable bonds is 4. The fraction of sp³-hybridized carbons (Fsp3) is 0.250. The first-order valence-corrected chi connectivity index (χ1v) is 5.51. The zero-order chi connectivity index (χ0) is 13.9. The minimum atomic E-state index is -4.54. The molecule has 0 unspecified atom stereocenters. The lowest BCUT2D eigenvalue weighted by atomic mass is 10.1. The fourth-order valence-corrected chi connectivity index (χ4v) is 1.64.